The molecular formula is C20H24N2O5. The van der Waals surface area contributed by atoms with E-state index in [0.717, 1.165) is 4.90 Å². The maximum atomic E-state index is 13.0. The number of imide groups is 1. The zero-order valence-electron chi connectivity index (χ0n) is 15.8. The van der Waals surface area contributed by atoms with Gasteiger partial charge in [-0.15, -0.1) is 0 Å². The summed E-state index contributed by atoms with van der Waals surface area (Å²) in [5.41, 5.74) is -0.456. The molecule has 1 saturated carbocycles. The van der Waals surface area contributed by atoms with Gasteiger partial charge in [0.15, 0.2) is 11.5 Å². The molecule has 1 aromatic carbocycles. The molecule has 144 valence electrons. The maximum absolute atomic E-state index is 13.0. The van der Waals surface area contributed by atoms with Crippen LogP contribution in [0.3, 0.4) is 0 Å². The van der Waals surface area contributed by atoms with Crippen LogP contribution in [0.5, 0.6) is 11.5 Å². The molecule has 1 aromatic rings. The molecule has 3 aliphatic rings. The Hall–Kier alpha value is -2.57. The van der Waals surface area contributed by atoms with Crippen molar-refractivity contribution in [3.05, 3.63) is 18.2 Å². The Morgan fingerprint density at radius 2 is 1.89 bits per heavy atom. The van der Waals surface area contributed by atoms with Crippen LogP contribution in [0.2, 0.25) is 0 Å². The average molecular weight is 372 g/mol. The highest BCUT2D eigenvalue weighted by molar-refractivity contribution is 6.07. The minimum Gasteiger partial charge on any atom is -0.486 e. The van der Waals surface area contributed by atoms with Gasteiger partial charge >= 0.3 is 0 Å². The number of nitrogens with one attached hydrogen (secondary N) is 1. The highest BCUT2D eigenvalue weighted by atomic mass is 16.6. The summed E-state index contributed by atoms with van der Waals surface area (Å²) in [6.07, 6.45) is 1.36. The largest absolute Gasteiger partial charge is 0.486 e. The second-order valence-corrected chi connectivity index (χ2v) is 8.28. The van der Waals surface area contributed by atoms with Crippen molar-refractivity contribution >= 4 is 23.4 Å². The molecule has 2 atom stereocenters. The van der Waals surface area contributed by atoms with Gasteiger partial charge in [0.05, 0.1) is 5.41 Å². The van der Waals surface area contributed by atoms with E-state index in [-0.39, 0.29) is 29.7 Å². The molecule has 1 N–H and O–H groups in total. The molecule has 7 nitrogen and oxygen atoms in total. The predicted octanol–water partition coefficient (Wildman–Crippen LogP) is 2.21. The molecule has 1 saturated heterocycles. The molecule has 0 spiro atoms. The number of ether oxygens (including phenoxy) is 2. The van der Waals surface area contributed by atoms with E-state index in [1.54, 1.807) is 18.2 Å². The van der Waals surface area contributed by atoms with E-state index in [0.29, 0.717) is 43.2 Å². The number of carbonyl (C=O) groups is 3. The third kappa shape index (κ3) is 2.59. The number of hydrogen-bond acceptors (Lipinski definition) is 5. The first-order chi connectivity index (χ1) is 12.7. The van der Waals surface area contributed by atoms with E-state index < -0.39 is 11.3 Å². The van der Waals surface area contributed by atoms with Crippen LogP contribution in [0.4, 0.5) is 5.69 Å². The standard InChI is InChI=1S/C20H24N2O5/c1-19(2)13-6-7-20(19,3)18(25)22(17(13)24)11-16(23)21-12-4-5-14-15(10-12)27-9-8-26-14/h4-5,10,13H,6-9,11H2,1-3H3,(H,21,23). The molecule has 1 aliphatic carbocycles. The highest BCUT2D eigenvalue weighted by Gasteiger charge is 2.64. The van der Waals surface area contributed by atoms with Crippen molar-refractivity contribution in [3.63, 3.8) is 0 Å². The summed E-state index contributed by atoms with van der Waals surface area (Å²) in [4.78, 5) is 39.5. The number of rotatable bonds is 3. The van der Waals surface area contributed by atoms with Crippen LogP contribution in [0, 0.1) is 16.7 Å². The number of likely N-dealkylation sites (tertiary alicyclic amines) is 1. The monoisotopic (exact) mass is 372 g/mol. The quantitative estimate of drug-likeness (QED) is 0.823. The van der Waals surface area contributed by atoms with Gasteiger partial charge in [-0.2, -0.15) is 0 Å². The summed E-state index contributed by atoms with van der Waals surface area (Å²) in [6.45, 7) is 6.55. The lowest BCUT2D eigenvalue weighted by Crippen LogP contribution is -2.60. The van der Waals surface area contributed by atoms with E-state index in [1.807, 2.05) is 20.8 Å². The Kier molecular flexibility index (Phi) is 3.94. The molecular weight excluding hydrogens is 348 g/mol. The zero-order valence-corrected chi connectivity index (χ0v) is 15.8. The van der Waals surface area contributed by atoms with Crippen molar-refractivity contribution in [2.75, 3.05) is 25.1 Å². The molecule has 2 aliphatic heterocycles. The van der Waals surface area contributed by atoms with Gasteiger partial charge in [0, 0.05) is 17.7 Å². The van der Waals surface area contributed by atoms with Gasteiger partial charge in [0.25, 0.3) is 0 Å². The van der Waals surface area contributed by atoms with Gasteiger partial charge in [-0.25, -0.2) is 0 Å². The molecule has 3 amide bonds. The van der Waals surface area contributed by atoms with E-state index in [2.05, 4.69) is 5.32 Å². The van der Waals surface area contributed by atoms with Crippen LogP contribution < -0.4 is 14.8 Å². The topological polar surface area (TPSA) is 84.9 Å². The number of fused-ring (bicyclic) bond motifs is 3. The number of piperidine rings is 1. The number of anilines is 1. The smallest absolute Gasteiger partial charge is 0.244 e. The third-order valence-electron chi connectivity index (χ3n) is 6.64. The minimum atomic E-state index is -0.608. The van der Waals surface area contributed by atoms with Crippen LogP contribution in [0.15, 0.2) is 18.2 Å². The summed E-state index contributed by atoms with van der Waals surface area (Å²) >= 11 is 0. The first-order valence-corrected chi connectivity index (χ1v) is 9.29. The second kappa shape index (κ2) is 5.97. The first kappa shape index (κ1) is 17.8. The van der Waals surface area contributed by atoms with Gasteiger partial charge in [0.1, 0.15) is 19.8 Å². The van der Waals surface area contributed by atoms with Crippen LogP contribution in [-0.2, 0) is 14.4 Å². The Bertz CT molecular complexity index is 834. The lowest BCUT2D eigenvalue weighted by Gasteiger charge is -2.47. The predicted molar refractivity (Wildman–Crippen MR) is 97.4 cm³/mol. The Morgan fingerprint density at radius 3 is 2.63 bits per heavy atom. The molecule has 2 fully saturated rings. The van der Waals surface area contributed by atoms with Gasteiger partial charge in [-0.1, -0.05) is 20.8 Å². The summed E-state index contributed by atoms with van der Waals surface area (Å²) in [6, 6.07) is 5.12. The van der Waals surface area contributed by atoms with Gasteiger partial charge < -0.3 is 14.8 Å². The molecule has 7 heteroatoms. The van der Waals surface area contributed by atoms with Crippen molar-refractivity contribution in [1.82, 2.24) is 4.90 Å². The molecule has 2 heterocycles. The van der Waals surface area contributed by atoms with E-state index >= 15 is 0 Å². The lowest BCUT2D eigenvalue weighted by molar-refractivity contribution is -0.168. The Labute approximate surface area is 158 Å². The Morgan fingerprint density at radius 1 is 1.19 bits per heavy atom. The molecule has 0 radical (unpaired) electrons. The van der Waals surface area contributed by atoms with E-state index in [9.17, 15) is 14.4 Å². The van der Waals surface area contributed by atoms with Gasteiger partial charge in [-0.3, -0.25) is 19.3 Å². The number of amides is 3. The van der Waals surface area contributed by atoms with Crippen LogP contribution >= 0.6 is 0 Å². The summed E-state index contributed by atoms with van der Waals surface area (Å²) < 4.78 is 11.0. The maximum Gasteiger partial charge on any atom is 0.244 e. The SMILES string of the molecule is CC12CCC(C(=O)N(CC(=O)Nc3ccc4c(c3)OCCO4)C1=O)C2(C)C. The zero-order chi connectivity index (χ0) is 19.4. The molecule has 27 heavy (non-hydrogen) atoms. The Balaban J connectivity index is 1.49. The van der Waals surface area contributed by atoms with Crippen molar-refractivity contribution < 1.29 is 23.9 Å². The van der Waals surface area contributed by atoms with Crippen molar-refractivity contribution in [3.8, 4) is 11.5 Å². The fraction of sp³-hybridized carbons (Fsp3) is 0.550. The van der Waals surface area contributed by atoms with E-state index in [4.69, 9.17) is 9.47 Å². The normalized spacial score (nSPS) is 28.3. The number of benzene rings is 1. The molecule has 4 rings (SSSR count). The van der Waals surface area contributed by atoms with Gasteiger partial charge in [-0.05, 0) is 30.4 Å². The number of carbonyl (C=O) groups excluding carboxylic acids is 3. The van der Waals surface area contributed by atoms with Crippen LogP contribution in [0.25, 0.3) is 0 Å². The highest BCUT2D eigenvalue weighted by Crippen LogP contribution is 2.59. The molecule has 2 unspecified atom stereocenters. The molecule has 0 aromatic heterocycles. The average Bonchev–Trinajstić information content (AvgIpc) is 2.83. The van der Waals surface area contributed by atoms with Crippen molar-refractivity contribution in [1.29, 1.82) is 0 Å². The van der Waals surface area contributed by atoms with E-state index in [1.165, 1.54) is 0 Å². The van der Waals surface area contributed by atoms with Crippen molar-refractivity contribution in [2.45, 2.75) is 33.6 Å². The fourth-order valence-corrected chi connectivity index (χ4v) is 4.52. The van der Waals surface area contributed by atoms with Crippen LogP contribution in [0.1, 0.15) is 33.6 Å². The summed E-state index contributed by atoms with van der Waals surface area (Å²) in [5.74, 6) is 0.0862. The van der Waals surface area contributed by atoms with Gasteiger partial charge in [0.2, 0.25) is 17.7 Å². The van der Waals surface area contributed by atoms with Crippen LogP contribution in [-0.4, -0.2) is 42.4 Å². The first-order valence-electron chi connectivity index (χ1n) is 9.29. The minimum absolute atomic E-state index is 0.220. The fourth-order valence-electron chi connectivity index (χ4n) is 4.52. The second-order valence-electron chi connectivity index (χ2n) is 8.28. The number of nitrogens with zero attached hydrogens (tertiary/aromatic N) is 1. The number of hydrogen-bond donors (Lipinski definition) is 1. The summed E-state index contributed by atoms with van der Waals surface area (Å²) in [7, 11) is 0. The lowest BCUT2D eigenvalue weighted by atomic mass is 9.62. The molecule has 2 bridgehead atoms. The third-order valence-corrected chi connectivity index (χ3v) is 6.64. The van der Waals surface area contributed by atoms with Crippen molar-refractivity contribution in [2.24, 2.45) is 16.7 Å². The summed E-state index contributed by atoms with van der Waals surface area (Å²) in [5, 5.41) is 2.74.